The molecule has 2 nitrogen and oxygen atoms in total. The van der Waals surface area contributed by atoms with Crippen LogP contribution in [0.25, 0.3) is 0 Å². The monoisotopic (exact) mass is 203 g/mol. The van der Waals surface area contributed by atoms with E-state index in [1.165, 1.54) is 0 Å². The number of rotatable bonds is 7. The third-order valence-corrected chi connectivity index (χ3v) is 2.99. The Balaban J connectivity index is 3.76. The van der Waals surface area contributed by atoms with Crippen LogP contribution in [-0.2, 0) is 4.79 Å². The molecule has 0 saturated heterocycles. The molecule has 78 valence electrons. The first-order chi connectivity index (χ1) is 6.11. The van der Waals surface area contributed by atoms with Crippen molar-refractivity contribution in [2.75, 3.05) is 25.6 Å². The first kappa shape index (κ1) is 13.0. The molecule has 0 aromatic rings. The number of nitrogens with zero attached hydrogens (tertiary/aromatic N) is 1. The second kappa shape index (κ2) is 7.39. The Labute approximate surface area is 86.1 Å². The Morgan fingerprint density at radius 3 is 2.54 bits per heavy atom. The molecule has 0 aromatic carbocycles. The van der Waals surface area contributed by atoms with Gasteiger partial charge in [0.05, 0.1) is 0 Å². The van der Waals surface area contributed by atoms with Crippen LogP contribution in [-0.4, -0.2) is 42.3 Å². The number of ketones is 1. The van der Waals surface area contributed by atoms with Gasteiger partial charge in [-0.3, -0.25) is 4.79 Å². The Morgan fingerprint density at radius 2 is 2.15 bits per heavy atom. The van der Waals surface area contributed by atoms with Gasteiger partial charge in [-0.15, -0.1) is 0 Å². The van der Waals surface area contributed by atoms with E-state index in [-0.39, 0.29) is 5.78 Å². The summed E-state index contributed by atoms with van der Waals surface area (Å²) in [5.74, 6) is 1.44. The van der Waals surface area contributed by atoms with Crippen LogP contribution >= 0.6 is 11.8 Å². The summed E-state index contributed by atoms with van der Waals surface area (Å²) in [5, 5.41) is 0. The smallest absolute Gasteiger partial charge is 0.131 e. The van der Waals surface area contributed by atoms with E-state index in [2.05, 4.69) is 25.1 Å². The lowest BCUT2D eigenvalue weighted by Crippen LogP contribution is -2.34. The third kappa shape index (κ3) is 6.11. The minimum atomic E-state index is 0.283. The average Bonchev–Trinajstić information content (AvgIpc) is 2.10. The summed E-state index contributed by atoms with van der Waals surface area (Å²) in [6, 6.07) is 0.620. The molecule has 0 aliphatic carbocycles. The highest BCUT2D eigenvalue weighted by Crippen LogP contribution is 2.08. The molecule has 1 unspecified atom stereocenters. The first-order valence-electron chi connectivity index (χ1n) is 4.80. The van der Waals surface area contributed by atoms with E-state index in [0.717, 1.165) is 18.7 Å². The lowest BCUT2D eigenvalue weighted by Gasteiger charge is -2.25. The lowest BCUT2D eigenvalue weighted by molar-refractivity contribution is -0.117. The van der Waals surface area contributed by atoms with Gasteiger partial charge in [-0.05, 0) is 26.6 Å². The molecule has 3 heteroatoms. The van der Waals surface area contributed by atoms with Crippen molar-refractivity contribution in [2.24, 2.45) is 0 Å². The van der Waals surface area contributed by atoms with Crippen molar-refractivity contribution in [1.29, 1.82) is 0 Å². The summed E-state index contributed by atoms with van der Waals surface area (Å²) in [6.07, 6.45) is 3.97. The SMILES string of the molecule is CCC(CSC)N(C)CCC(C)=O. The van der Waals surface area contributed by atoms with Gasteiger partial charge in [0.15, 0.2) is 0 Å². The molecule has 0 radical (unpaired) electrons. The second-order valence-electron chi connectivity index (χ2n) is 3.45. The largest absolute Gasteiger partial charge is 0.302 e. The number of carbonyl (C=O) groups excluding carboxylic acids is 1. The molecule has 0 amide bonds. The van der Waals surface area contributed by atoms with Crippen LogP contribution in [0.3, 0.4) is 0 Å². The zero-order valence-electron chi connectivity index (χ0n) is 9.17. The van der Waals surface area contributed by atoms with Crippen molar-refractivity contribution < 1.29 is 4.79 Å². The molecule has 0 saturated carbocycles. The summed E-state index contributed by atoms with van der Waals surface area (Å²) in [4.78, 5) is 13.1. The Hall–Kier alpha value is -0.0200. The van der Waals surface area contributed by atoms with E-state index in [1.54, 1.807) is 6.92 Å². The van der Waals surface area contributed by atoms with Crippen molar-refractivity contribution in [3.63, 3.8) is 0 Å². The number of hydrogen-bond acceptors (Lipinski definition) is 3. The number of hydrogen-bond donors (Lipinski definition) is 0. The Kier molecular flexibility index (Phi) is 7.38. The van der Waals surface area contributed by atoms with Crippen LogP contribution in [0.15, 0.2) is 0 Å². The van der Waals surface area contributed by atoms with Crippen molar-refractivity contribution in [3.8, 4) is 0 Å². The maximum Gasteiger partial charge on any atom is 0.131 e. The van der Waals surface area contributed by atoms with Gasteiger partial charge in [0.2, 0.25) is 0 Å². The number of carbonyl (C=O) groups is 1. The third-order valence-electron chi connectivity index (χ3n) is 2.27. The fourth-order valence-corrected chi connectivity index (χ4v) is 2.14. The summed E-state index contributed by atoms with van der Waals surface area (Å²) < 4.78 is 0. The normalized spacial score (nSPS) is 13.3. The predicted molar refractivity (Wildman–Crippen MR) is 60.4 cm³/mol. The topological polar surface area (TPSA) is 20.3 Å². The van der Waals surface area contributed by atoms with Gasteiger partial charge < -0.3 is 4.90 Å². The highest BCUT2D eigenvalue weighted by Gasteiger charge is 2.11. The fraction of sp³-hybridized carbons (Fsp3) is 0.900. The molecular formula is C10H21NOS. The summed E-state index contributed by atoms with van der Waals surface area (Å²) >= 11 is 1.87. The van der Waals surface area contributed by atoms with Gasteiger partial charge in [0, 0.05) is 24.8 Å². The lowest BCUT2D eigenvalue weighted by atomic mass is 10.2. The van der Waals surface area contributed by atoms with Crippen LogP contribution in [0.2, 0.25) is 0 Å². The van der Waals surface area contributed by atoms with Crippen LogP contribution in [0.4, 0.5) is 0 Å². The van der Waals surface area contributed by atoms with Crippen molar-refractivity contribution >= 4 is 17.5 Å². The zero-order valence-corrected chi connectivity index (χ0v) is 9.99. The van der Waals surface area contributed by atoms with E-state index < -0.39 is 0 Å². The van der Waals surface area contributed by atoms with Crippen LogP contribution in [0.5, 0.6) is 0 Å². The standard InChI is InChI=1S/C10H21NOS/c1-5-10(8-13-4)11(3)7-6-9(2)12/h10H,5-8H2,1-4H3. The van der Waals surface area contributed by atoms with Crippen LogP contribution in [0.1, 0.15) is 26.7 Å². The Bertz CT molecular complexity index is 150. The molecular weight excluding hydrogens is 182 g/mol. The van der Waals surface area contributed by atoms with Crippen molar-refractivity contribution in [2.45, 2.75) is 32.7 Å². The summed E-state index contributed by atoms with van der Waals surface area (Å²) in [7, 11) is 2.10. The highest BCUT2D eigenvalue weighted by molar-refractivity contribution is 7.98. The molecule has 0 N–H and O–H groups in total. The number of Topliss-reactive ketones (excluding diaryl/α,β-unsaturated/α-hetero) is 1. The molecule has 0 aliphatic rings. The summed E-state index contributed by atoms with van der Waals surface area (Å²) in [5.41, 5.74) is 0. The van der Waals surface area contributed by atoms with Gasteiger partial charge in [0.25, 0.3) is 0 Å². The van der Waals surface area contributed by atoms with Gasteiger partial charge in [0.1, 0.15) is 5.78 Å². The Morgan fingerprint density at radius 1 is 1.54 bits per heavy atom. The molecule has 1 atom stereocenters. The van der Waals surface area contributed by atoms with Crippen LogP contribution < -0.4 is 0 Å². The van der Waals surface area contributed by atoms with E-state index in [0.29, 0.717) is 12.5 Å². The summed E-state index contributed by atoms with van der Waals surface area (Å²) in [6.45, 7) is 4.75. The van der Waals surface area contributed by atoms with Gasteiger partial charge in [-0.2, -0.15) is 11.8 Å². The fourth-order valence-electron chi connectivity index (χ4n) is 1.27. The average molecular weight is 203 g/mol. The van der Waals surface area contributed by atoms with Gasteiger partial charge in [-0.25, -0.2) is 0 Å². The van der Waals surface area contributed by atoms with Crippen molar-refractivity contribution in [1.82, 2.24) is 4.90 Å². The molecule has 0 heterocycles. The molecule has 0 bridgehead atoms. The molecule has 0 spiro atoms. The zero-order chi connectivity index (χ0) is 10.3. The number of thioether (sulfide) groups is 1. The van der Waals surface area contributed by atoms with Crippen molar-refractivity contribution in [3.05, 3.63) is 0 Å². The van der Waals surface area contributed by atoms with E-state index >= 15 is 0 Å². The molecule has 0 rings (SSSR count). The molecule has 0 aromatic heterocycles. The predicted octanol–water partition coefficient (Wildman–Crippen LogP) is 2.04. The van der Waals surface area contributed by atoms with E-state index in [4.69, 9.17) is 0 Å². The van der Waals surface area contributed by atoms with E-state index in [1.807, 2.05) is 11.8 Å². The molecule has 0 fully saturated rings. The van der Waals surface area contributed by atoms with Gasteiger partial charge in [-0.1, -0.05) is 6.92 Å². The van der Waals surface area contributed by atoms with Crippen LogP contribution in [0, 0.1) is 0 Å². The molecule has 0 aliphatic heterocycles. The first-order valence-corrected chi connectivity index (χ1v) is 6.19. The quantitative estimate of drug-likeness (QED) is 0.631. The second-order valence-corrected chi connectivity index (χ2v) is 4.36. The van der Waals surface area contributed by atoms with Gasteiger partial charge >= 0.3 is 0 Å². The minimum absolute atomic E-state index is 0.283. The highest BCUT2D eigenvalue weighted by atomic mass is 32.2. The van der Waals surface area contributed by atoms with E-state index in [9.17, 15) is 4.79 Å². The maximum atomic E-state index is 10.8. The molecule has 13 heavy (non-hydrogen) atoms. The minimum Gasteiger partial charge on any atom is -0.302 e. The maximum absolute atomic E-state index is 10.8.